The van der Waals surface area contributed by atoms with Gasteiger partial charge in [0.1, 0.15) is 6.04 Å². The normalized spacial score (nSPS) is 15.2. The van der Waals surface area contributed by atoms with E-state index in [9.17, 15) is 9.59 Å². The molecule has 0 aliphatic carbocycles. The average molecular weight is 435 g/mol. The third kappa shape index (κ3) is 3.45. The molecule has 1 unspecified atom stereocenters. The second-order valence-electron chi connectivity index (χ2n) is 6.84. The molecule has 0 radical (unpaired) electrons. The minimum Gasteiger partial charge on any atom is -0.324 e. The van der Waals surface area contributed by atoms with E-state index >= 15 is 0 Å². The molecule has 1 aliphatic rings. The van der Waals surface area contributed by atoms with Crippen molar-refractivity contribution in [2.75, 3.05) is 10.2 Å². The third-order valence-electron chi connectivity index (χ3n) is 4.94. The summed E-state index contributed by atoms with van der Waals surface area (Å²) in [5.41, 5.74) is 4.11. The third-order valence-corrected chi connectivity index (χ3v) is 5.83. The van der Waals surface area contributed by atoms with Gasteiger partial charge >= 0.3 is 0 Å². The van der Waals surface area contributed by atoms with Crippen LogP contribution in [0.3, 0.4) is 0 Å². The maximum atomic E-state index is 13.2. The van der Waals surface area contributed by atoms with Crippen molar-refractivity contribution in [1.29, 1.82) is 0 Å². The number of anilines is 2. The van der Waals surface area contributed by atoms with Crippen LogP contribution in [0.15, 0.2) is 77.3 Å². The fourth-order valence-corrected chi connectivity index (χ4v) is 3.76. The van der Waals surface area contributed by atoms with Crippen molar-refractivity contribution < 1.29 is 9.59 Å². The van der Waals surface area contributed by atoms with E-state index in [1.54, 1.807) is 17.0 Å². The van der Waals surface area contributed by atoms with Crippen LogP contribution >= 0.6 is 15.9 Å². The van der Waals surface area contributed by atoms with Gasteiger partial charge < -0.3 is 5.32 Å². The first-order chi connectivity index (χ1) is 13.5. The summed E-state index contributed by atoms with van der Waals surface area (Å²) in [6, 6.07) is 21.8. The van der Waals surface area contributed by atoms with E-state index in [1.807, 2.05) is 67.6 Å². The minimum absolute atomic E-state index is 0.169. The molecule has 3 aromatic rings. The molecule has 0 bridgehead atoms. The molecule has 0 aromatic heterocycles. The maximum absolute atomic E-state index is 13.2. The number of fused-ring (bicyclic) bond motifs is 1. The van der Waals surface area contributed by atoms with Gasteiger partial charge in [-0.25, -0.2) is 0 Å². The van der Waals surface area contributed by atoms with E-state index in [1.165, 1.54) is 0 Å². The first kappa shape index (κ1) is 18.4. The van der Waals surface area contributed by atoms with Gasteiger partial charge in [0.25, 0.3) is 5.91 Å². The predicted octanol–water partition coefficient (Wildman–Crippen LogP) is 4.97. The average Bonchev–Trinajstić information content (AvgIpc) is 3.10. The molecule has 4 rings (SSSR count). The smallest absolute Gasteiger partial charge is 0.259 e. The van der Waals surface area contributed by atoms with Crippen LogP contribution < -0.4 is 10.2 Å². The number of hydrogen-bond acceptors (Lipinski definition) is 2. The van der Waals surface area contributed by atoms with Crippen molar-refractivity contribution in [3.8, 4) is 0 Å². The van der Waals surface area contributed by atoms with Crippen molar-refractivity contribution in [1.82, 2.24) is 0 Å². The van der Waals surface area contributed by atoms with Crippen molar-refractivity contribution in [2.45, 2.75) is 19.4 Å². The van der Waals surface area contributed by atoms with Gasteiger partial charge in [0, 0.05) is 27.8 Å². The molecule has 0 saturated heterocycles. The second kappa shape index (κ2) is 7.60. The van der Waals surface area contributed by atoms with E-state index in [4.69, 9.17) is 0 Å². The van der Waals surface area contributed by atoms with Crippen LogP contribution in [-0.2, 0) is 11.2 Å². The lowest BCUT2D eigenvalue weighted by atomic mass is 10.1. The highest BCUT2D eigenvalue weighted by Crippen LogP contribution is 2.34. The van der Waals surface area contributed by atoms with Crippen molar-refractivity contribution in [2.24, 2.45) is 0 Å². The Hall–Kier alpha value is -2.92. The van der Waals surface area contributed by atoms with Crippen LogP contribution in [0.2, 0.25) is 0 Å². The quantitative estimate of drug-likeness (QED) is 0.632. The number of halogens is 1. The summed E-state index contributed by atoms with van der Waals surface area (Å²) in [6.45, 7) is 1.97. The first-order valence-electron chi connectivity index (χ1n) is 9.08. The summed E-state index contributed by atoms with van der Waals surface area (Å²) < 4.78 is 0.986. The van der Waals surface area contributed by atoms with Crippen molar-refractivity contribution in [3.63, 3.8) is 0 Å². The molecule has 28 heavy (non-hydrogen) atoms. The fraction of sp³-hybridized carbons (Fsp3) is 0.130. The number of nitrogens with one attached hydrogen (secondary N) is 1. The Morgan fingerprint density at radius 3 is 2.46 bits per heavy atom. The SMILES string of the molecule is Cc1cc(NC(=O)C2Cc3ccccc3N2C(=O)c2ccccc2)ccc1Br. The summed E-state index contributed by atoms with van der Waals surface area (Å²) in [6.07, 6.45) is 0.496. The largest absolute Gasteiger partial charge is 0.324 e. The zero-order valence-corrected chi connectivity index (χ0v) is 16.9. The molecule has 1 atom stereocenters. The first-order valence-corrected chi connectivity index (χ1v) is 9.87. The van der Waals surface area contributed by atoms with E-state index < -0.39 is 6.04 Å². The van der Waals surface area contributed by atoms with Crippen LogP contribution in [0.5, 0.6) is 0 Å². The summed E-state index contributed by atoms with van der Waals surface area (Å²) in [7, 11) is 0. The molecule has 3 aromatic carbocycles. The Kier molecular flexibility index (Phi) is 5.01. The zero-order chi connectivity index (χ0) is 19.7. The summed E-state index contributed by atoms with van der Waals surface area (Å²) in [4.78, 5) is 27.9. The maximum Gasteiger partial charge on any atom is 0.259 e. The molecule has 0 saturated carbocycles. The number of rotatable bonds is 3. The van der Waals surface area contributed by atoms with Crippen LogP contribution in [0.25, 0.3) is 0 Å². The van der Waals surface area contributed by atoms with Gasteiger partial charge in [0.2, 0.25) is 5.91 Å². The molecular weight excluding hydrogens is 416 g/mol. The highest BCUT2D eigenvalue weighted by atomic mass is 79.9. The number of benzene rings is 3. The lowest BCUT2D eigenvalue weighted by molar-refractivity contribution is -0.117. The summed E-state index contributed by atoms with van der Waals surface area (Å²) >= 11 is 3.47. The molecular formula is C23H19BrN2O2. The number of carbonyl (C=O) groups excluding carboxylic acids is 2. The molecule has 1 aliphatic heterocycles. The van der Waals surface area contributed by atoms with E-state index in [0.29, 0.717) is 17.7 Å². The Morgan fingerprint density at radius 2 is 1.71 bits per heavy atom. The lowest BCUT2D eigenvalue weighted by Gasteiger charge is -2.25. The number of aryl methyl sites for hydroxylation is 1. The monoisotopic (exact) mass is 434 g/mol. The Bertz CT molecular complexity index is 1050. The van der Waals surface area contributed by atoms with Gasteiger partial charge in [-0.1, -0.05) is 52.3 Å². The van der Waals surface area contributed by atoms with E-state index in [2.05, 4.69) is 21.2 Å². The summed E-state index contributed by atoms with van der Waals surface area (Å²) in [5.74, 6) is -0.361. The minimum atomic E-state index is -0.589. The van der Waals surface area contributed by atoms with Crippen LogP contribution in [0.4, 0.5) is 11.4 Å². The van der Waals surface area contributed by atoms with Crippen molar-refractivity contribution in [3.05, 3.63) is 94.0 Å². The number of amides is 2. The van der Waals surface area contributed by atoms with Gasteiger partial charge in [0.15, 0.2) is 0 Å². The lowest BCUT2D eigenvalue weighted by Crippen LogP contribution is -2.45. The van der Waals surface area contributed by atoms with Crippen LogP contribution in [-0.4, -0.2) is 17.9 Å². The van der Waals surface area contributed by atoms with Gasteiger partial charge in [-0.05, 0) is 54.4 Å². The van der Waals surface area contributed by atoms with Gasteiger partial charge in [-0.3, -0.25) is 14.5 Å². The molecule has 4 nitrogen and oxygen atoms in total. The zero-order valence-electron chi connectivity index (χ0n) is 15.4. The highest BCUT2D eigenvalue weighted by Gasteiger charge is 2.38. The van der Waals surface area contributed by atoms with Crippen LogP contribution in [0.1, 0.15) is 21.5 Å². The second-order valence-corrected chi connectivity index (χ2v) is 7.70. The number of hydrogen-bond donors (Lipinski definition) is 1. The molecule has 2 amide bonds. The number of nitrogens with zero attached hydrogens (tertiary/aromatic N) is 1. The van der Waals surface area contributed by atoms with Gasteiger partial charge in [0.05, 0.1) is 0 Å². The van der Waals surface area contributed by atoms with Crippen LogP contribution in [0, 0.1) is 6.92 Å². The van der Waals surface area contributed by atoms with Gasteiger partial charge in [-0.2, -0.15) is 0 Å². The molecule has 1 heterocycles. The Balaban J connectivity index is 1.66. The predicted molar refractivity (Wildman–Crippen MR) is 115 cm³/mol. The molecule has 1 N–H and O–H groups in total. The van der Waals surface area contributed by atoms with E-state index in [-0.39, 0.29) is 11.8 Å². The number of carbonyl (C=O) groups is 2. The molecule has 0 fully saturated rings. The molecule has 5 heteroatoms. The van der Waals surface area contributed by atoms with Gasteiger partial charge in [-0.15, -0.1) is 0 Å². The standard InChI is InChI=1S/C23H19BrN2O2/c1-15-13-18(11-12-19(15)24)25-22(27)21-14-17-9-5-6-10-20(17)26(21)23(28)16-7-3-2-4-8-16/h2-13,21H,14H2,1H3,(H,25,27). The molecule has 140 valence electrons. The fourth-order valence-electron chi connectivity index (χ4n) is 3.51. The Morgan fingerprint density at radius 1 is 1.00 bits per heavy atom. The summed E-state index contributed by atoms with van der Waals surface area (Å²) in [5, 5.41) is 2.97. The topological polar surface area (TPSA) is 49.4 Å². The van der Waals surface area contributed by atoms with E-state index in [0.717, 1.165) is 21.3 Å². The van der Waals surface area contributed by atoms with Crippen molar-refractivity contribution >= 4 is 39.1 Å². The number of para-hydroxylation sites is 1. The molecule has 0 spiro atoms. The highest BCUT2D eigenvalue weighted by molar-refractivity contribution is 9.10. The Labute approximate surface area is 172 Å².